The minimum absolute atomic E-state index is 0.197. The monoisotopic (exact) mass is 260 g/mol. The quantitative estimate of drug-likeness (QED) is 0.825. The van der Waals surface area contributed by atoms with Crippen molar-refractivity contribution in [2.75, 3.05) is 13.2 Å². The molecule has 5 nitrogen and oxygen atoms in total. The van der Waals surface area contributed by atoms with Gasteiger partial charge in [-0.1, -0.05) is 18.2 Å². The summed E-state index contributed by atoms with van der Waals surface area (Å²) in [6.45, 7) is 4.52. The second kappa shape index (κ2) is 6.04. The van der Waals surface area contributed by atoms with Crippen LogP contribution >= 0.6 is 0 Å². The molecule has 0 saturated carbocycles. The molecule has 0 fully saturated rings. The van der Waals surface area contributed by atoms with E-state index in [0.29, 0.717) is 24.7 Å². The Morgan fingerprint density at radius 1 is 1.11 bits per heavy atom. The molecular formula is C14H16N2O3. The van der Waals surface area contributed by atoms with Gasteiger partial charge < -0.3 is 9.47 Å². The van der Waals surface area contributed by atoms with E-state index in [2.05, 4.69) is 5.10 Å². The van der Waals surface area contributed by atoms with Crippen molar-refractivity contribution in [2.45, 2.75) is 13.8 Å². The fraction of sp³-hybridized carbons (Fsp3) is 0.286. The van der Waals surface area contributed by atoms with Crippen molar-refractivity contribution < 1.29 is 9.47 Å². The molecule has 19 heavy (non-hydrogen) atoms. The lowest BCUT2D eigenvalue weighted by atomic mass is 10.3. The van der Waals surface area contributed by atoms with Crippen LogP contribution in [-0.2, 0) is 0 Å². The zero-order valence-corrected chi connectivity index (χ0v) is 11.0. The lowest BCUT2D eigenvalue weighted by molar-refractivity contribution is 0.280. The molecule has 5 heteroatoms. The van der Waals surface area contributed by atoms with Crippen molar-refractivity contribution in [1.29, 1.82) is 0 Å². The summed E-state index contributed by atoms with van der Waals surface area (Å²) in [6, 6.07) is 9.20. The maximum absolute atomic E-state index is 12.4. The number of ether oxygens (including phenoxy) is 2. The average Bonchev–Trinajstić information content (AvgIpc) is 2.44. The van der Waals surface area contributed by atoms with Gasteiger partial charge in [-0.05, 0) is 26.0 Å². The molecule has 1 aromatic carbocycles. The summed E-state index contributed by atoms with van der Waals surface area (Å²) in [5.74, 6) is 0.574. The molecule has 0 aliphatic carbocycles. The summed E-state index contributed by atoms with van der Waals surface area (Å²) < 4.78 is 12.0. The number of nitrogens with zero attached hydrogens (tertiary/aromatic N) is 2. The van der Waals surface area contributed by atoms with Gasteiger partial charge in [-0.2, -0.15) is 9.78 Å². The molecule has 0 atom stereocenters. The number of hydrogen-bond donors (Lipinski definition) is 0. The van der Waals surface area contributed by atoms with Crippen molar-refractivity contribution in [1.82, 2.24) is 9.78 Å². The number of rotatable bonds is 5. The Morgan fingerprint density at radius 2 is 1.79 bits per heavy atom. The molecule has 2 aromatic rings. The highest BCUT2D eigenvalue weighted by Gasteiger charge is 2.14. The molecule has 0 aliphatic rings. The van der Waals surface area contributed by atoms with Crippen LogP contribution in [0, 0.1) is 0 Å². The van der Waals surface area contributed by atoms with Gasteiger partial charge in [-0.25, -0.2) is 0 Å². The summed E-state index contributed by atoms with van der Waals surface area (Å²) in [6.07, 6.45) is 1.50. The third-order valence-electron chi connectivity index (χ3n) is 2.49. The zero-order chi connectivity index (χ0) is 13.7. The van der Waals surface area contributed by atoms with Crippen molar-refractivity contribution in [3.05, 3.63) is 46.9 Å². The molecule has 1 aromatic heterocycles. The first-order chi connectivity index (χ1) is 9.27. The Hall–Kier alpha value is -2.30. The molecule has 0 radical (unpaired) electrons. The summed E-state index contributed by atoms with van der Waals surface area (Å²) in [5, 5.41) is 4.11. The molecule has 0 bridgehead atoms. The lowest BCUT2D eigenvalue weighted by Crippen LogP contribution is -2.23. The van der Waals surface area contributed by atoms with Crippen molar-refractivity contribution >= 4 is 0 Å². The molecule has 0 spiro atoms. The van der Waals surface area contributed by atoms with Gasteiger partial charge in [0.1, 0.15) is 0 Å². The van der Waals surface area contributed by atoms with Gasteiger partial charge in [0.15, 0.2) is 5.75 Å². The van der Waals surface area contributed by atoms with E-state index in [1.54, 1.807) is 0 Å². The van der Waals surface area contributed by atoms with Crippen LogP contribution in [0.2, 0.25) is 0 Å². The zero-order valence-electron chi connectivity index (χ0n) is 11.0. The van der Waals surface area contributed by atoms with Crippen molar-refractivity contribution in [3.63, 3.8) is 0 Å². The summed E-state index contributed by atoms with van der Waals surface area (Å²) in [4.78, 5) is 12.4. The molecule has 0 aliphatic heterocycles. The smallest absolute Gasteiger partial charge is 0.317 e. The normalized spacial score (nSPS) is 10.2. The summed E-state index contributed by atoms with van der Waals surface area (Å²) in [7, 11) is 0. The van der Waals surface area contributed by atoms with Crippen LogP contribution in [-0.4, -0.2) is 23.0 Å². The van der Waals surface area contributed by atoms with Crippen LogP contribution in [0.1, 0.15) is 13.8 Å². The van der Waals surface area contributed by atoms with E-state index in [-0.39, 0.29) is 11.3 Å². The highest BCUT2D eigenvalue weighted by atomic mass is 16.5. The lowest BCUT2D eigenvalue weighted by Gasteiger charge is -2.12. The van der Waals surface area contributed by atoms with E-state index < -0.39 is 0 Å². The maximum atomic E-state index is 12.4. The highest BCUT2D eigenvalue weighted by Crippen LogP contribution is 2.21. The Morgan fingerprint density at radius 3 is 2.42 bits per heavy atom. The molecule has 0 unspecified atom stereocenters. The predicted molar refractivity (Wildman–Crippen MR) is 72.2 cm³/mol. The van der Waals surface area contributed by atoms with Gasteiger partial charge in [0.2, 0.25) is 5.75 Å². The summed E-state index contributed by atoms with van der Waals surface area (Å²) >= 11 is 0. The van der Waals surface area contributed by atoms with Gasteiger partial charge in [0, 0.05) is 0 Å². The molecule has 0 saturated heterocycles. The molecule has 0 N–H and O–H groups in total. The molecule has 2 rings (SSSR count). The second-order valence-corrected chi connectivity index (χ2v) is 3.76. The van der Waals surface area contributed by atoms with Crippen molar-refractivity contribution in [3.8, 4) is 17.2 Å². The first-order valence-electron chi connectivity index (χ1n) is 6.21. The molecular weight excluding hydrogens is 244 g/mol. The van der Waals surface area contributed by atoms with Crippen LogP contribution in [0.4, 0.5) is 0 Å². The van der Waals surface area contributed by atoms with E-state index >= 15 is 0 Å². The van der Waals surface area contributed by atoms with Gasteiger partial charge in [-0.15, -0.1) is 0 Å². The fourth-order valence-corrected chi connectivity index (χ4v) is 1.71. The molecule has 0 amide bonds. The van der Waals surface area contributed by atoms with Crippen LogP contribution in [0.5, 0.6) is 11.5 Å². The van der Waals surface area contributed by atoms with Gasteiger partial charge in [0.05, 0.1) is 25.1 Å². The van der Waals surface area contributed by atoms with Crippen LogP contribution in [0.15, 0.2) is 41.3 Å². The van der Waals surface area contributed by atoms with Crippen LogP contribution in [0.25, 0.3) is 5.69 Å². The van der Waals surface area contributed by atoms with E-state index in [9.17, 15) is 4.79 Å². The SMILES string of the molecule is CCOc1cnn(-c2ccccc2)c(=O)c1OCC. The first-order valence-corrected chi connectivity index (χ1v) is 6.21. The Kier molecular flexibility index (Phi) is 4.18. The third-order valence-corrected chi connectivity index (χ3v) is 2.49. The van der Waals surface area contributed by atoms with E-state index in [0.717, 1.165) is 0 Å². The van der Waals surface area contributed by atoms with Gasteiger partial charge in [-0.3, -0.25) is 4.79 Å². The summed E-state index contributed by atoms with van der Waals surface area (Å²) in [5.41, 5.74) is 0.371. The average molecular weight is 260 g/mol. The second-order valence-electron chi connectivity index (χ2n) is 3.76. The minimum atomic E-state index is -0.320. The van der Waals surface area contributed by atoms with E-state index in [4.69, 9.17) is 9.47 Å². The number of hydrogen-bond acceptors (Lipinski definition) is 4. The predicted octanol–water partition coefficient (Wildman–Crippen LogP) is 2.03. The van der Waals surface area contributed by atoms with Gasteiger partial charge in [0.25, 0.3) is 0 Å². The van der Waals surface area contributed by atoms with E-state index in [1.165, 1.54) is 10.9 Å². The molecule has 1 heterocycles. The first kappa shape index (κ1) is 13.1. The van der Waals surface area contributed by atoms with Gasteiger partial charge >= 0.3 is 5.56 Å². The standard InChI is InChI=1S/C14H16N2O3/c1-3-18-12-10-15-16(11-8-6-5-7-9-11)14(17)13(12)19-4-2/h5-10H,3-4H2,1-2H3. The number of para-hydroxylation sites is 1. The minimum Gasteiger partial charge on any atom is -0.488 e. The Bertz CT molecular complexity index is 593. The van der Waals surface area contributed by atoms with Crippen LogP contribution in [0.3, 0.4) is 0 Å². The Labute approximate surface area is 111 Å². The van der Waals surface area contributed by atoms with Crippen molar-refractivity contribution in [2.24, 2.45) is 0 Å². The largest absolute Gasteiger partial charge is 0.488 e. The highest BCUT2D eigenvalue weighted by molar-refractivity contribution is 5.39. The number of aromatic nitrogens is 2. The third kappa shape index (κ3) is 2.76. The maximum Gasteiger partial charge on any atom is 0.317 e. The fourth-order valence-electron chi connectivity index (χ4n) is 1.71. The Balaban J connectivity index is 2.53. The van der Waals surface area contributed by atoms with E-state index in [1.807, 2.05) is 44.2 Å². The topological polar surface area (TPSA) is 53.4 Å². The molecule has 100 valence electrons. The van der Waals surface area contributed by atoms with Crippen LogP contribution < -0.4 is 15.0 Å². The number of benzene rings is 1.